The van der Waals surface area contributed by atoms with Gasteiger partial charge in [-0.15, -0.1) is 0 Å². The van der Waals surface area contributed by atoms with Crippen molar-refractivity contribution in [2.24, 2.45) is 0 Å². The second kappa shape index (κ2) is 4.51. The zero-order valence-electron chi connectivity index (χ0n) is 7.79. The molecule has 72 valence electrons. The molecule has 0 bridgehead atoms. The topological polar surface area (TPSA) is 0 Å². The average Bonchev–Trinajstić information content (AvgIpc) is 1.98. The lowest BCUT2D eigenvalue weighted by Crippen LogP contribution is -2.14. The first kappa shape index (κ1) is 12.5. The van der Waals surface area contributed by atoms with Crippen molar-refractivity contribution < 1.29 is 0 Å². The van der Waals surface area contributed by atoms with Crippen LogP contribution >= 0.6 is 67.8 Å². The standard InChI is InChI=1S/C10H11I3/c1-10(2,3)6-4-5-7(11)9(13)8(6)12/h4-5H,1-3H3. The quantitative estimate of drug-likeness (QED) is 0.347. The highest BCUT2D eigenvalue weighted by molar-refractivity contribution is 14.1. The zero-order chi connectivity index (χ0) is 10.2. The third-order valence-corrected chi connectivity index (χ3v) is 7.05. The number of hydrogen-bond donors (Lipinski definition) is 0. The van der Waals surface area contributed by atoms with Gasteiger partial charge in [0.1, 0.15) is 0 Å². The van der Waals surface area contributed by atoms with Crippen LogP contribution in [0, 0.1) is 10.7 Å². The lowest BCUT2D eigenvalue weighted by Gasteiger charge is -2.21. The van der Waals surface area contributed by atoms with E-state index in [1.54, 1.807) is 0 Å². The predicted molar refractivity (Wildman–Crippen MR) is 83.3 cm³/mol. The molecule has 0 nitrogen and oxygen atoms in total. The number of rotatable bonds is 0. The highest BCUT2D eigenvalue weighted by atomic mass is 127. The zero-order valence-corrected chi connectivity index (χ0v) is 14.3. The summed E-state index contributed by atoms with van der Waals surface area (Å²) in [6.07, 6.45) is 0. The molecule has 1 rings (SSSR count). The van der Waals surface area contributed by atoms with Crippen molar-refractivity contribution in [1.29, 1.82) is 0 Å². The Morgan fingerprint density at radius 2 is 1.46 bits per heavy atom. The van der Waals surface area contributed by atoms with Gasteiger partial charge in [0, 0.05) is 10.7 Å². The second-order valence-electron chi connectivity index (χ2n) is 3.97. The van der Waals surface area contributed by atoms with E-state index in [2.05, 4.69) is 101 Å². The van der Waals surface area contributed by atoms with Gasteiger partial charge in [-0.25, -0.2) is 0 Å². The molecule has 1 aromatic carbocycles. The van der Waals surface area contributed by atoms with Gasteiger partial charge in [0.25, 0.3) is 0 Å². The van der Waals surface area contributed by atoms with Crippen LogP contribution in [0.1, 0.15) is 26.3 Å². The number of benzene rings is 1. The molecule has 0 fully saturated rings. The third kappa shape index (κ3) is 2.93. The van der Waals surface area contributed by atoms with E-state index in [1.165, 1.54) is 16.3 Å². The fraction of sp³-hybridized carbons (Fsp3) is 0.400. The van der Waals surface area contributed by atoms with Crippen LogP contribution in [0.4, 0.5) is 0 Å². The molecule has 0 aromatic heterocycles. The molecule has 0 unspecified atom stereocenters. The molecule has 0 saturated heterocycles. The summed E-state index contributed by atoms with van der Waals surface area (Å²) in [5, 5.41) is 0. The molecule has 3 heteroatoms. The van der Waals surface area contributed by atoms with Gasteiger partial charge in [-0.3, -0.25) is 0 Å². The molecule has 1 aromatic rings. The summed E-state index contributed by atoms with van der Waals surface area (Å²) >= 11 is 7.25. The normalized spacial score (nSPS) is 11.8. The van der Waals surface area contributed by atoms with Gasteiger partial charge in [0.2, 0.25) is 0 Å². The number of hydrogen-bond acceptors (Lipinski definition) is 0. The minimum absolute atomic E-state index is 0.251. The molecule has 0 aliphatic heterocycles. The number of halogens is 3. The minimum Gasteiger partial charge on any atom is -0.0563 e. The highest BCUT2D eigenvalue weighted by Crippen LogP contribution is 2.32. The van der Waals surface area contributed by atoms with Gasteiger partial charge in [-0.2, -0.15) is 0 Å². The first-order valence-electron chi connectivity index (χ1n) is 3.98. The SMILES string of the molecule is CC(C)(C)c1ccc(I)c(I)c1I. The summed E-state index contributed by atoms with van der Waals surface area (Å²) in [4.78, 5) is 0. The van der Waals surface area contributed by atoms with Crippen LogP contribution < -0.4 is 0 Å². The summed E-state index contributed by atoms with van der Waals surface area (Å²) in [5.74, 6) is 0. The van der Waals surface area contributed by atoms with E-state index in [-0.39, 0.29) is 5.41 Å². The molecule has 0 spiro atoms. The van der Waals surface area contributed by atoms with Crippen LogP contribution in [-0.2, 0) is 5.41 Å². The van der Waals surface area contributed by atoms with E-state index in [1.807, 2.05) is 0 Å². The lowest BCUT2D eigenvalue weighted by molar-refractivity contribution is 0.586. The molecule has 0 saturated carbocycles. The maximum Gasteiger partial charge on any atom is 0.0400 e. The van der Waals surface area contributed by atoms with Crippen molar-refractivity contribution in [1.82, 2.24) is 0 Å². The van der Waals surface area contributed by atoms with Crippen LogP contribution in [0.15, 0.2) is 12.1 Å². The van der Waals surface area contributed by atoms with E-state index < -0.39 is 0 Å². The van der Waals surface area contributed by atoms with Crippen molar-refractivity contribution in [3.63, 3.8) is 0 Å². The Balaban J connectivity index is 3.35. The summed E-state index contributed by atoms with van der Waals surface area (Å²) < 4.78 is 4.12. The first-order chi connectivity index (χ1) is 5.84. The lowest BCUT2D eigenvalue weighted by atomic mass is 9.87. The highest BCUT2D eigenvalue weighted by Gasteiger charge is 2.18. The van der Waals surface area contributed by atoms with E-state index in [0.29, 0.717) is 0 Å². The van der Waals surface area contributed by atoms with Crippen LogP contribution in [0.25, 0.3) is 0 Å². The molecule has 0 atom stereocenters. The fourth-order valence-corrected chi connectivity index (χ4v) is 3.82. The molecule has 0 N–H and O–H groups in total. The molecule has 0 aliphatic rings. The van der Waals surface area contributed by atoms with E-state index in [4.69, 9.17) is 0 Å². The van der Waals surface area contributed by atoms with Gasteiger partial charge in [-0.1, -0.05) is 26.8 Å². The summed E-state index contributed by atoms with van der Waals surface area (Å²) in [6, 6.07) is 4.44. The predicted octanol–water partition coefficient (Wildman–Crippen LogP) is 4.80. The van der Waals surface area contributed by atoms with Crippen molar-refractivity contribution in [3.05, 3.63) is 28.4 Å². The van der Waals surface area contributed by atoms with Crippen LogP contribution in [-0.4, -0.2) is 0 Å². The van der Waals surface area contributed by atoms with Gasteiger partial charge in [-0.05, 0) is 84.8 Å². The van der Waals surface area contributed by atoms with E-state index in [9.17, 15) is 0 Å². The second-order valence-corrected chi connectivity index (χ2v) is 7.29. The monoisotopic (exact) mass is 512 g/mol. The molecule has 0 heterocycles. The maximum absolute atomic E-state index is 2.44. The third-order valence-electron chi connectivity index (χ3n) is 1.84. The van der Waals surface area contributed by atoms with E-state index in [0.717, 1.165) is 0 Å². The van der Waals surface area contributed by atoms with Crippen LogP contribution in [0.2, 0.25) is 0 Å². The van der Waals surface area contributed by atoms with Gasteiger partial charge < -0.3 is 0 Å². The Morgan fingerprint density at radius 3 is 1.92 bits per heavy atom. The smallest absolute Gasteiger partial charge is 0.0400 e. The van der Waals surface area contributed by atoms with Gasteiger partial charge in [0.15, 0.2) is 0 Å². The Kier molecular flexibility index (Phi) is 4.33. The van der Waals surface area contributed by atoms with Crippen molar-refractivity contribution in [2.75, 3.05) is 0 Å². The fourth-order valence-electron chi connectivity index (χ4n) is 1.11. The Labute approximate surface area is 121 Å². The van der Waals surface area contributed by atoms with Crippen molar-refractivity contribution >= 4 is 67.8 Å². The Morgan fingerprint density at radius 1 is 0.923 bits per heavy atom. The maximum atomic E-state index is 2.44. The van der Waals surface area contributed by atoms with Gasteiger partial charge in [0.05, 0.1) is 0 Å². The summed E-state index contributed by atoms with van der Waals surface area (Å²) in [6.45, 7) is 6.77. The first-order valence-corrected chi connectivity index (χ1v) is 7.21. The minimum atomic E-state index is 0.251. The summed E-state index contributed by atoms with van der Waals surface area (Å²) in [5.41, 5.74) is 1.69. The Hall–Kier alpha value is 1.41. The molecule has 0 aliphatic carbocycles. The van der Waals surface area contributed by atoms with E-state index >= 15 is 0 Å². The van der Waals surface area contributed by atoms with Crippen molar-refractivity contribution in [3.8, 4) is 0 Å². The molecule has 0 amide bonds. The van der Waals surface area contributed by atoms with Gasteiger partial charge >= 0.3 is 0 Å². The van der Waals surface area contributed by atoms with Crippen LogP contribution in [0.3, 0.4) is 0 Å². The molecular weight excluding hydrogens is 501 g/mol. The summed E-state index contributed by atoms with van der Waals surface area (Å²) in [7, 11) is 0. The molecule has 13 heavy (non-hydrogen) atoms. The molecular formula is C10H11I3. The van der Waals surface area contributed by atoms with Crippen LogP contribution in [0.5, 0.6) is 0 Å². The Bertz CT molecular complexity index is 324. The largest absolute Gasteiger partial charge is 0.0563 e. The average molecular weight is 512 g/mol. The molecule has 0 radical (unpaired) electrons. The van der Waals surface area contributed by atoms with Crippen molar-refractivity contribution in [2.45, 2.75) is 26.2 Å².